The molecule has 0 rings (SSSR count). The highest BCUT2D eigenvalue weighted by Crippen LogP contribution is 2.08. The van der Waals surface area contributed by atoms with E-state index in [4.69, 9.17) is 0 Å². The van der Waals surface area contributed by atoms with Crippen molar-refractivity contribution in [2.75, 3.05) is 6.54 Å². The molecule has 0 heterocycles. The molecular formula is C6H18NSi+. The van der Waals surface area contributed by atoms with Crippen LogP contribution < -0.4 is 5.73 Å². The van der Waals surface area contributed by atoms with Gasteiger partial charge in [0.15, 0.2) is 0 Å². The smallest absolute Gasteiger partial charge is 0.0737 e. The highest BCUT2D eigenvalue weighted by Gasteiger charge is 2.10. The van der Waals surface area contributed by atoms with E-state index in [1.165, 1.54) is 12.5 Å². The summed E-state index contributed by atoms with van der Waals surface area (Å²) < 4.78 is 0. The Morgan fingerprint density at radius 1 is 1.25 bits per heavy atom. The van der Waals surface area contributed by atoms with Crippen LogP contribution in [0.5, 0.6) is 0 Å². The maximum atomic E-state index is 3.81. The molecule has 50 valence electrons. The quantitative estimate of drug-likeness (QED) is 0.554. The first-order valence-corrected chi connectivity index (χ1v) is 7.06. The fourth-order valence-electron chi connectivity index (χ4n) is 0.655. The van der Waals surface area contributed by atoms with Crippen LogP contribution in [0, 0.1) is 0 Å². The molecule has 0 aliphatic carbocycles. The van der Waals surface area contributed by atoms with E-state index in [0.717, 1.165) is 6.54 Å². The second-order valence-electron chi connectivity index (χ2n) is 3.52. The summed E-state index contributed by atoms with van der Waals surface area (Å²) >= 11 is 0. The molecule has 0 saturated carbocycles. The Bertz CT molecular complexity index is 56.0. The Morgan fingerprint density at radius 2 is 1.75 bits per heavy atom. The molecule has 0 aromatic carbocycles. The third-order valence-electron chi connectivity index (χ3n) is 1.18. The van der Waals surface area contributed by atoms with Crippen LogP contribution in [0.3, 0.4) is 0 Å². The zero-order chi connectivity index (χ0) is 6.62. The van der Waals surface area contributed by atoms with Crippen LogP contribution >= 0.6 is 0 Å². The normalized spacial score (nSPS) is 12.0. The topological polar surface area (TPSA) is 27.6 Å². The van der Waals surface area contributed by atoms with E-state index >= 15 is 0 Å². The molecule has 8 heavy (non-hydrogen) atoms. The summed E-state index contributed by atoms with van der Waals surface area (Å²) in [5.74, 6) is 0. The van der Waals surface area contributed by atoms with Gasteiger partial charge in [-0.3, -0.25) is 0 Å². The zero-order valence-corrected chi connectivity index (χ0v) is 7.33. The van der Waals surface area contributed by atoms with Gasteiger partial charge in [0, 0.05) is 8.07 Å². The molecule has 0 saturated heterocycles. The van der Waals surface area contributed by atoms with E-state index in [1.807, 2.05) is 0 Å². The lowest BCUT2D eigenvalue weighted by atomic mass is 10.5. The third-order valence-corrected chi connectivity index (χ3v) is 3.03. The predicted molar refractivity (Wildman–Crippen MR) is 40.5 cm³/mol. The van der Waals surface area contributed by atoms with Gasteiger partial charge >= 0.3 is 0 Å². The van der Waals surface area contributed by atoms with E-state index in [0.29, 0.717) is 0 Å². The zero-order valence-electron chi connectivity index (χ0n) is 6.33. The first kappa shape index (κ1) is 8.18. The standard InChI is InChI=1S/C6H17NSi/c1-8(2,3)6-4-5-7/h4-7H2,1-3H3/p+1. The Balaban J connectivity index is 3.11. The molecule has 2 heteroatoms. The Hall–Kier alpha value is 0.177. The summed E-state index contributed by atoms with van der Waals surface area (Å²) in [7, 11) is -0.718. The van der Waals surface area contributed by atoms with Crippen molar-refractivity contribution in [1.29, 1.82) is 0 Å². The molecule has 0 radical (unpaired) electrons. The summed E-state index contributed by atoms with van der Waals surface area (Å²) in [6, 6.07) is 1.44. The van der Waals surface area contributed by atoms with Gasteiger partial charge in [0.05, 0.1) is 6.54 Å². The second-order valence-corrected chi connectivity index (χ2v) is 9.14. The molecule has 1 nitrogen and oxygen atoms in total. The fraction of sp³-hybridized carbons (Fsp3) is 1.00. The SMILES string of the molecule is C[Si](C)(C)CCC[NH3+]. The highest BCUT2D eigenvalue weighted by atomic mass is 28.3. The van der Waals surface area contributed by atoms with Crippen LogP contribution in [0.2, 0.25) is 25.7 Å². The molecule has 0 aromatic heterocycles. The average molecular weight is 132 g/mol. The lowest BCUT2D eigenvalue weighted by Crippen LogP contribution is -2.50. The lowest BCUT2D eigenvalue weighted by Gasteiger charge is -2.12. The van der Waals surface area contributed by atoms with E-state index in [9.17, 15) is 0 Å². The second kappa shape index (κ2) is 3.25. The van der Waals surface area contributed by atoms with Crippen molar-refractivity contribution in [1.82, 2.24) is 0 Å². The van der Waals surface area contributed by atoms with Gasteiger partial charge in [-0.15, -0.1) is 0 Å². The van der Waals surface area contributed by atoms with Crippen LogP contribution in [-0.2, 0) is 0 Å². The van der Waals surface area contributed by atoms with Crippen molar-refractivity contribution in [2.45, 2.75) is 32.1 Å². The number of quaternary nitrogens is 1. The summed E-state index contributed by atoms with van der Waals surface area (Å²) in [6.45, 7) is 8.33. The Kier molecular flexibility index (Phi) is 3.32. The molecule has 0 unspecified atom stereocenters. The average Bonchev–Trinajstić information content (AvgIpc) is 1.59. The van der Waals surface area contributed by atoms with Gasteiger partial charge in [-0.2, -0.15) is 0 Å². The van der Waals surface area contributed by atoms with Crippen LogP contribution in [-0.4, -0.2) is 14.6 Å². The van der Waals surface area contributed by atoms with E-state index in [-0.39, 0.29) is 0 Å². The van der Waals surface area contributed by atoms with Gasteiger partial charge in [-0.25, -0.2) is 0 Å². The van der Waals surface area contributed by atoms with Gasteiger partial charge in [0.25, 0.3) is 0 Å². The molecule has 0 aromatic rings. The van der Waals surface area contributed by atoms with Crippen LogP contribution in [0.25, 0.3) is 0 Å². The minimum Gasteiger partial charge on any atom is -0.358 e. The van der Waals surface area contributed by atoms with Crippen molar-refractivity contribution < 1.29 is 5.73 Å². The van der Waals surface area contributed by atoms with E-state index < -0.39 is 8.07 Å². The third kappa shape index (κ3) is 6.18. The maximum absolute atomic E-state index is 3.81. The molecule has 0 amide bonds. The maximum Gasteiger partial charge on any atom is 0.0737 e. The summed E-state index contributed by atoms with van der Waals surface area (Å²) in [5, 5.41) is 0. The molecule has 0 atom stereocenters. The van der Waals surface area contributed by atoms with Crippen molar-refractivity contribution in [2.24, 2.45) is 0 Å². The van der Waals surface area contributed by atoms with Crippen molar-refractivity contribution in [3.63, 3.8) is 0 Å². The number of rotatable bonds is 3. The monoisotopic (exact) mass is 132 g/mol. The van der Waals surface area contributed by atoms with E-state index in [2.05, 4.69) is 25.4 Å². The van der Waals surface area contributed by atoms with Crippen LogP contribution in [0.15, 0.2) is 0 Å². The predicted octanol–water partition coefficient (Wildman–Crippen LogP) is 0.957. The van der Waals surface area contributed by atoms with Crippen molar-refractivity contribution in [3.8, 4) is 0 Å². The number of hydrogen-bond acceptors (Lipinski definition) is 0. The Morgan fingerprint density at radius 3 is 1.88 bits per heavy atom. The molecule has 0 fully saturated rings. The van der Waals surface area contributed by atoms with Gasteiger partial charge in [0.1, 0.15) is 0 Å². The molecule has 3 N–H and O–H groups in total. The van der Waals surface area contributed by atoms with Crippen molar-refractivity contribution in [3.05, 3.63) is 0 Å². The first-order valence-electron chi connectivity index (χ1n) is 3.35. The van der Waals surface area contributed by atoms with Crippen LogP contribution in [0.4, 0.5) is 0 Å². The highest BCUT2D eigenvalue weighted by molar-refractivity contribution is 6.76. The lowest BCUT2D eigenvalue weighted by molar-refractivity contribution is -0.367. The Labute approximate surface area is 53.3 Å². The molecular weight excluding hydrogens is 114 g/mol. The summed E-state index contributed by atoms with van der Waals surface area (Å²) in [4.78, 5) is 0. The molecule has 0 aliphatic rings. The minimum absolute atomic E-state index is 0.718. The fourth-order valence-corrected chi connectivity index (χ4v) is 1.97. The minimum atomic E-state index is -0.718. The summed E-state index contributed by atoms with van der Waals surface area (Å²) in [5.41, 5.74) is 3.81. The largest absolute Gasteiger partial charge is 0.358 e. The van der Waals surface area contributed by atoms with Gasteiger partial charge in [0.2, 0.25) is 0 Å². The van der Waals surface area contributed by atoms with Gasteiger partial charge in [-0.05, 0) is 6.42 Å². The van der Waals surface area contributed by atoms with E-state index in [1.54, 1.807) is 0 Å². The number of hydrogen-bond donors (Lipinski definition) is 1. The summed E-state index contributed by atoms with van der Waals surface area (Å²) in [6.07, 6.45) is 1.33. The van der Waals surface area contributed by atoms with Crippen molar-refractivity contribution >= 4 is 8.07 Å². The molecule has 0 aliphatic heterocycles. The molecule has 0 spiro atoms. The van der Waals surface area contributed by atoms with Gasteiger partial charge < -0.3 is 5.73 Å². The molecule has 0 bridgehead atoms. The van der Waals surface area contributed by atoms with Crippen LogP contribution in [0.1, 0.15) is 6.42 Å². The van der Waals surface area contributed by atoms with Gasteiger partial charge in [-0.1, -0.05) is 25.7 Å². The first-order chi connectivity index (χ1) is 3.56.